The predicted octanol–water partition coefficient (Wildman–Crippen LogP) is 4.54. The third-order valence-corrected chi connectivity index (χ3v) is 2.41. The largest absolute Gasteiger partial charge is 0.490 e. The van der Waals surface area contributed by atoms with Crippen LogP contribution >= 0.6 is 0 Å². The van der Waals surface area contributed by atoms with Gasteiger partial charge in [-0.15, -0.1) is 0 Å². The fraction of sp³-hybridized carbons (Fsp3) is 0.375. The summed E-state index contributed by atoms with van der Waals surface area (Å²) >= 11 is 0. The highest BCUT2D eigenvalue weighted by atomic mass is 16.5. The summed E-state index contributed by atoms with van der Waals surface area (Å²) in [6.07, 6.45) is 5.31. The fourth-order valence-electron chi connectivity index (χ4n) is 1.35. The Hall–Kier alpha value is -1.50. The van der Waals surface area contributed by atoms with Gasteiger partial charge in [0.1, 0.15) is 12.4 Å². The maximum absolute atomic E-state index is 5.61. The van der Waals surface area contributed by atoms with Gasteiger partial charge < -0.3 is 4.74 Å². The second kappa shape index (κ2) is 6.95. The van der Waals surface area contributed by atoms with Crippen molar-refractivity contribution >= 4 is 0 Å². The van der Waals surface area contributed by atoms with Crippen molar-refractivity contribution in [3.05, 3.63) is 53.1 Å². The van der Waals surface area contributed by atoms with Crippen molar-refractivity contribution in [2.75, 3.05) is 6.61 Å². The lowest BCUT2D eigenvalue weighted by Crippen LogP contribution is -1.94. The highest BCUT2D eigenvalue weighted by Gasteiger charge is 1.93. The van der Waals surface area contributed by atoms with Crippen LogP contribution in [0.4, 0.5) is 0 Å². The molecule has 0 saturated carbocycles. The molecule has 0 atom stereocenters. The average Bonchev–Trinajstić information content (AvgIpc) is 2.27. The monoisotopic (exact) mass is 230 g/mol. The minimum atomic E-state index is 0.648. The molecule has 17 heavy (non-hydrogen) atoms. The molecule has 1 nitrogen and oxygen atoms in total. The van der Waals surface area contributed by atoms with Gasteiger partial charge in [0, 0.05) is 0 Å². The molecular weight excluding hydrogens is 208 g/mol. The molecule has 0 N–H and O–H groups in total. The molecule has 0 amide bonds. The smallest absolute Gasteiger partial charge is 0.119 e. The molecule has 0 bridgehead atoms. The Bertz CT molecular complexity index is 388. The number of hydrogen-bond donors (Lipinski definition) is 0. The van der Waals surface area contributed by atoms with Gasteiger partial charge in [0.05, 0.1) is 0 Å². The molecule has 1 aromatic carbocycles. The molecule has 92 valence electrons. The van der Waals surface area contributed by atoms with E-state index in [0.717, 1.165) is 12.2 Å². The van der Waals surface area contributed by atoms with Crippen LogP contribution in [0.1, 0.15) is 33.3 Å². The third-order valence-electron chi connectivity index (χ3n) is 2.41. The summed E-state index contributed by atoms with van der Waals surface area (Å²) in [5, 5.41) is 0. The van der Waals surface area contributed by atoms with E-state index >= 15 is 0 Å². The lowest BCUT2D eigenvalue weighted by atomic mass is 10.1. The predicted molar refractivity (Wildman–Crippen MR) is 74.5 cm³/mol. The summed E-state index contributed by atoms with van der Waals surface area (Å²) in [4.78, 5) is 0. The Morgan fingerprint density at radius 1 is 0.941 bits per heavy atom. The highest BCUT2D eigenvalue weighted by molar-refractivity contribution is 5.28. The molecule has 0 saturated heterocycles. The van der Waals surface area contributed by atoms with Gasteiger partial charge in [-0.25, -0.2) is 0 Å². The van der Waals surface area contributed by atoms with Gasteiger partial charge in [0.15, 0.2) is 0 Å². The van der Waals surface area contributed by atoms with Crippen molar-refractivity contribution in [1.29, 1.82) is 0 Å². The van der Waals surface area contributed by atoms with E-state index in [4.69, 9.17) is 4.74 Å². The summed E-state index contributed by atoms with van der Waals surface area (Å²) in [7, 11) is 0. The molecule has 0 spiro atoms. The van der Waals surface area contributed by atoms with Gasteiger partial charge in [-0.2, -0.15) is 0 Å². The van der Waals surface area contributed by atoms with Crippen LogP contribution in [-0.2, 0) is 6.42 Å². The standard InChI is InChI=1S/C16H22O/c1-13(2)5-6-15-7-9-16(10-8-15)17-12-11-14(3)4/h5,7-11H,6,12H2,1-4H3. The topological polar surface area (TPSA) is 9.23 Å². The first kappa shape index (κ1) is 13.6. The zero-order chi connectivity index (χ0) is 12.7. The molecular formula is C16H22O. The van der Waals surface area contributed by atoms with E-state index in [9.17, 15) is 0 Å². The molecule has 1 rings (SSSR count). The lowest BCUT2D eigenvalue weighted by Gasteiger charge is -2.04. The minimum Gasteiger partial charge on any atom is -0.490 e. The number of ether oxygens (including phenoxy) is 1. The Labute approximate surface area is 105 Å². The van der Waals surface area contributed by atoms with E-state index in [2.05, 4.69) is 52.0 Å². The van der Waals surface area contributed by atoms with Crippen molar-refractivity contribution < 1.29 is 4.74 Å². The van der Waals surface area contributed by atoms with Crippen LogP contribution in [0.15, 0.2) is 47.6 Å². The highest BCUT2D eigenvalue weighted by Crippen LogP contribution is 2.13. The van der Waals surface area contributed by atoms with E-state index in [1.807, 2.05) is 12.1 Å². The first-order valence-corrected chi connectivity index (χ1v) is 6.06. The van der Waals surface area contributed by atoms with E-state index in [1.165, 1.54) is 16.7 Å². The molecule has 0 aliphatic carbocycles. The molecule has 0 aliphatic heterocycles. The van der Waals surface area contributed by atoms with Crippen LogP contribution in [-0.4, -0.2) is 6.61 Å². The van der Waals surface area contributed by atoms with Crippen LogP contribution in [0.3, 0.4) is 0 Å². The van der Waals surface area contributed by atoms with E-state index in [-0.39, 0.29) is 0 Å². The normalized spacial score (nSPS) is 9.65. The van der Waals surface area contributed by atoms with Crippen LogP contribution in [0.2, 0.25) is 0 Å². The molecule has 1 aromatic rings. The number of allylic oxidation sites excluding steroid dienone is 3. The molecule has 1 heteroatoms. The lowest BCUT2D eigenvalue weighted by molar-refractivity contribution is 0.362. The van der Waals surface area contributed by atoms with Crippen LogP contribution in [0.5, 0.6) is 5.75 Å². The quantitative estimate of drug-likeness (QED) is 0.675. The number of hydrogen-bond acceptors (Lipinski definition) is 1. The van der Waals surface area contributed by atoms with Gasteiger partial charge in [0.25, 0.3) is 0 Å². The SMILES string of the molecule is CC(C)=CCOc1ccc(CC=C(C)C)cc1. The molecule has 0 fully saturated rings. The molecule has 0 aromatic heterocycles. The van der Waals surface area contributed by atoms with Gasteiger partial charge in [-0.05, 0) is 57.9 Å². The molecule has 0 unspecified atom stereocenters. The van der Waals surface area contributed by atoms with E-state index < -0.39 is 0 Å². The summed E-state index contributed by atoms with van der Waals surface area (Å²) in [6.45, 7) is 9.04. The minimum absolute atomic E-state index is 0.648. The van der Waals surface area contributed by atoms with Crippen LogP contribution in [0.25, 0.3) is 0 Å². The second-order valence-electron chi connectivity index (χ2n) is 4.72. The number of benzene rings is 1. The van der Waals surface area contributed by atoms with Crippen molar-refractivity contribution in [2.24, 2.45) is 0 Å². The Balaban J connectivity index is 2.50. The van der Waals surface area contributed by atoms with Gasteiger partial charge >= 0.3 is 0 Å². The van der Waals surface area contributed by atoms with Crippen molar-refractivity contribution in [1.82, 2.24) is 0 Å². The van der Waals surface area contributed by atoms with Gasteiger partial charge in [0.2, 0.25) is 0 Å². The molecule has 0 heterocycles. The van der Waals surface area contributed by atoms with Gasteiger partial charge in [-0.1, -0.05) is 29.4 Å². The summed E-state index contributed by atoms with van der Waals surface area (Å²) < 4.78 is 5.61. The first-order chi connectivity index (χ1) is 8.08. The van der Waals surface area contributed by atoms with Crippen molar-refractivity contribution in [3.8, 4) is 5.75 Å². The van der Waals surface area contributed by atoms with E-state index in [1.54, 1.807) is 0 Å². The van der Waals surface area contributed by atoms with Crippen LogP contribution in [0, 0.1) is 0 Å². The van der Waals surface area contributed by atoms with Crippen molar-refractivity contribution in [3.63, 3.8) is 0 Å². The van der Waals surface area contributed by atoms with E-state index in [0.29, 0.717) is 6.61 Å². The second-order valence-corrected chi connectivity index (χ2v) is 4.72. The Kier molecular flexibility index (Phi) is 5.55. The van der Waals surface area contributed by atoms with Gasteiger partial charge in [-0.3, -0.25) is 0 Å². The maximum Gasteiger partial charge on any atom is 0.119 e. The van der Waals surface area contributed by atoms with Crippen molar-refractivity contribution in [2.45, 2.75) is 34.1 Å². The molecule has 0 radical (unpaired) electrons. The first-order valence-electron chi connectivity index (χ1n) is 6.06. The Morgan fingerprint density at radius 2 is 1.53 bits per heavy atom. The third kappa shape index (κ3) is 5.96. The summed E-state index contributed by atoms with van der Waals surface area (Å²) in [6, 6.07) is 8.31. The maximum atomic E-state index is 5.61. The summed E-state index contributed by atoms with van der Waals surface area (Å²) in [5.74, 6) is 0.934. The zero-order valence-corrected chi connectivity index (χ0v) is 11.3. The van der Waals surface area contributed by atoms with Crippen LogP contribution < -0.4 is 4.74 Å². The fourth-order valence-corrected chi connectivity index (χ4v) is 1.35. The number of rotatable bonds is 5. The summed E-state index contributed by atoms with van der Waals surface area (Å²) in [5.41, 5.74) is 3.96. The zero-order valence-electron chi connectivity index (χ0n) is 11.3. The Morgan fingerprint density at radius 3 is 2.06 bits per heavy atom. The molecule has 0 aliphatic rings. The average molecular weight is 230 g/mol.